The van der Waals surface area contributed by atoms with Crippen LogP contribution >= 0.6 is 0 Å². The van der Waals surface area contributed by atoms with E-state index >= 15 is 0 Å². The van der Waals surface area contributed by atoms with Crippen molar-refractivity contribution in [2.75, 3.05) is 20.1 Å². The van der Waals surface area contributed by atoms with Crippen LogP contribution in [-0.2, 0) is 4.79 Å². The molecule has 0 bridgehead atoms. The highest BCUT2D eigenvalue weighted by Crippen LogP contribution is 2.36. The summed E-state index contributed by atoms with van der Waals surface area (Å²) in [6.45, 7) is 3.87. The largest absolute Gasteiger partial charge is 0.341 e. The Morgan fingerprint density at radius 3 is 2.53 bits per heavy atom. The van der Waals surface area contributed by atoms with Crippen LogP contribution in [0.3, 0.4) is 0 Å². The van der Waals surface area contributed by atoms with E-state index in [1.165, 1.54) is 39.2 Å². The SMILES string of the molecule is CNC(=O)NC(=O)[C@H](C)N1CC[C@H]2CCCC[C@@H]2C1. The lowest BCUT2D eigenvalue weighted by atomic mass is 9.75. The zero-order chi connectivity index (χ0) is 13.8. The van der Waals surface area contributed by atoms with Crippen molar-refractivity contribution < 1.29 is 9.59 Å². The number of fused-ring (bicyclic) bond motifs is 1. The molecule has 1 aliphatic heterocycles. The van der Waals surface area contributed by atoms with E-state index < -0.39 is 6.03 Å². The first-order chi connectivity index (χ1) is 9.11. The van der Waals surface area contributed by atoms with E-state index in [2.05, 4.69) is 15.5 Å². The van der Waals surface area contributed by atoms with E-state index in [1.54, 1.807) is 0 Å². The summed E-state index contributed by atoms with van der Waals surface area (Å²) in [5.74, 6) is 1.41. The van der Waals surface area contributed by atoms with Crippen molar-refractivity contribution in [3.05, 3.63) is 0 Å². The Morgan fingerprint density at radius 1 is 1.16 bits per heavy atom. The molecule has 3 amide bonds. The van der Waals surface area contributed by atoms with Gasteiger partial charge in [-0.15, -0.1) is 0 Å². The summed E-state index contributed by atoms with van der Waals surface area (Å²) in [4.78, 5) is 25.4. The monoisotopic (exact) mass is 267 g/mol. The number of hydrogen-bond acceptors (Lipinski definition) is 3. The molecule has 19 heavy (non-hydrogen) atoms. The first kappa shape index (κ1) is 14.3. The van der Waals surface area contributed by atoms with Gasteiger partial charge in [0.2, 0.25) is 5.91 Å². The first-order valence-electron chi connectivity index (χ1n) is 7.38. The van der Waals surface area contributed by atoms with Crippen LogP contribution in [0.1, 0.15) is 39.0 Å². The van der Waals surface area contributed by atoms with Crippen molar-refractivity contribution in [3.8, 4) is 0 Å². The summed E-state index contributed by atoms with van der Waals surface area (Å²) < 4.78 is 0. The lowest BCUT2D eigenvalue weighted by molar-refractivity contribution is -0.126. The molecule has 0 radical (unpaired) electrons. The van der Waals surface area contributed by atoms with Crippen LogP contribution < -0.4 is 10.6 Å². The highest BCUT2D eigenvalue weighted by Gasteiger charge is 2.34. The van der Waals surface area contributed by atoms with E-state index in [0.29, 0.717) is 0 Å². The van der Waals surface area contributed by atoms with Crippen LogP contribution in [0.2, 0.25) is 0 Å². The maximum absolute atomic E-state index is 12.0. The van der Waals surface area contributed by atoms with Crippen molar-refractivity contribution in [2.45, 2.75) is 45.1 Å². The first-order valence-corrected chi connectivity index (χ1v) is 7.38. The number of piperidine rings is 1. The number of rotatable bonds is 2. The van der Waals surface area contributed by atoms with Gasteiger partial charge in [-0.25, -0.2) is 4.79 Å². The van der Waals surface area contributed by atoms with Crippen LogP contribution in [-0.4, -0.2) is 43.0 Å². The van der Waals surface area contributed by atoms with Crippen molar-refractivity contribution in [3.63, 3.8) is 0 Å². The van der Waals surface area contributed by atoms with Crippen molar-refractivity contribution in [1.29, 1.82) is 0 Å². The number of carbonyl (C=O) groups excluding carboxylic acids is 2. The fourth-order valence-corrected chi connectivity index (χ4v) is 3.43. The Hall–Kier alpha value is -1.10. The molecule has 0 unspecified atom stereocenters. The Labute approximate surface area is 115 Å². The molecular formula is C14H25N3O2. The number of amides is 3. The number of imide groups is 1. The van der Waals surface area contributed by atoms with Gasteiger partial charge in [-0.2, -0.15) is 0 Å². The minimum atomic E-state index is -0.426. The second kappa shape index (κ2) is 6.37. The predicted molar refractivity (Wildman–Crippen MR) is 73.7 cm³/mol. The van der Waals surface area contributed by atoms with Gasteiger partial charge in [-0.3, -0.25) is 15.0 Å². The lowest BCUT2D eigenvalue weighted by Gasteiger charge is -2.43. The number of nitrogens with zero attached hydrogens (tertiary/aromatic N) is 1. The summed E-state index contributed by atoms with van der Waals surface area (Å²) in [6, 6.07) is -0.649. The van der Waals surface area contributed by atoms with Crippen LogP contribution in [0.5, 0.6) is 0 Å². The van der Waals surface area contributed by atoms with Gasteiger partial charge >= 0.3 is 6.03 Å². The van der Waals surface area contributed by atoms with Crippen molar-refractivity contribution >= 4 is 11.9 Å². The second-order valence-corrected chi connectivity index (χ2v) is 5.83. The molecule has 5 heteroatoms. The molecule has 0 aromatic rings. The molecular weight excluding hydrogens is 242 g/mol. The third-order valence-electron chi connectivity index (χ3n) is 4.71. The number of nitrogens with one attached hydrogen (secondary N) is 2. The van der Waals surface area contributed by atoms with Crippen LogP contribution in [0.25, 0.3) is 0 Å². The molecule has 108 valence electrons. The zero-order valence-electron chi connectivity index (χ0n) is 11.9. The third kappa shape index (κ3) is 3.47. The van der Waals surface area contributed by atoms with Gasteiger partial charge in [0.05, 0.1) is 6.04 Å². The molecule has 1 saturated carbocycles. The van der Waals surface area contributed by atoms with Gasteiger partial charge in [0.15, 0.2) is 0 Å². The smallest absolute Gasteiger partial charge is 0.321 e. The van der Waals surface area contributed by atoms with Gasteiger partial charge in [0.1, 0.15) is 0 Å². The summed E-state index contributed by atoms with van der Waals surface area (Å²) in [5.41, 5.74) is 0. The maximum atomic E-state index is 12.0. The van der Waals surface area contributed by atoms with Gasteiger partial charge in [0, 0.05) is 13.6 Å². The van der Waals surface area contributed by atoms with E-state index in [0.717, 1.165) is 24.9 Å². The molecule has 1 saturated heterocycles. The quantitative estimate of drug-likeness (QED) is 0.794. The van der Waals surface area contributed by atoms with Gasteiger partial charge in [-0.1, -0.05) is 19.3 Å². The Morgan fingerprint density at radius 2 is 1.84 bits per heavy atom. The van der Waals surface area contributed by atoms with Crippen LogP contribution in [0, 0.1) is 11.8 Å². The third-order valence-corrected chi connectivity index (χ3v) is 4.71. The summed E-state index contributed by atoms with van der Waals surface area (Å²) in [5, 5.41) is 4.78. The molecule has 0 spiro atoms. The topological polar surface area (TPSA) is 61.4 Å². The lowest BCUT2D eigenvalue weighted by Crippen LogP contribution is -2.53. The predicted octanol–water partition coefficient (Wildman–Crippen LogP) is 1.34. The number of likely N-dealkylation sites (tertiary alicyclic amines) is 1. The number of hydrogen-bond donors (Lipinski definition) is 2. The van der Waals surface area contributed by atoms with E-state index in [-0.39, 0.29) is 11.9 Å². The van der Waals surface area contributed by atoms with Gasteiger partial charge < -0.3 is 5.32 Å². The molecule has 2 aliphatic rings. The van der Waals surface area contributed by atoms with E-state index in [4.69, 9.17) is 0 Å². The Balaban J connectivity index is 1.87. The fourth-order valence-electron chi connectivity index (χ4n) is 3.43. The summed E-state index contributed by atoms with van der Waals surface area (Å²) in [7, 11) is 1.51. The summed E-state index contributed by atoms with van der Waals surface area (Å²) in [6.07, 6.45) is 6.55. The normalized spacial score (nSPS) is 29.2. The van der Waals surface area contributed by atoms with Gasteiger partial charge in [-0.05, 0) is 38.1 Å². The Bertz CT molecular complexity index is 346. The second-order valence-electron chi connectivity index (χ2n) is 5.83. The average Bonchev–Trinajstić information content (AvgIpc) is 2.45. The van der Waals surface area contributed by atoms with Crippen molar-refractivity contribution in [1.82, 2.24) is 15.5 Å². The maximum Gasteiger partial charge on any atom is 0.321 e. The van der Waals surface area contributed by atoms with Crippen LogP contribution in [0.4, 0.5) is 4.79 Å². The van der Waals surface area contributed by atoms with E-state index in [9.17, 15) is 9.59 Å². The zero-order valence-corrected chi connectivity index (χ0v) is 11.9. The molecule has 3 atom stereocenters. The molecule has 2 fully saturated rings. The van der Waals surface area contributed by atoms with Crippen LogP contribution in [0.15, 0.2) is 0 Å². The molecule has 1 aliphatic carbocycles. The standard InChI is InChI=1S/C14H25N3O2/c1-10(13(18)16-14(19)15-2)17-8-7-11-5-3-4-6-12(11)9-17/h10-12H,3-9H2,1-2H3,(H2,15,16,18,19)/t10-,11+,12+/m0/s1. The number of urea groups is 1. The molecule has 2 rings (SSSR count). The average molecular weight is 267 g/mol. The Kier molecular flexibility index (Phi) is 4.80. The number of carbonyl (C=O) groups is 2. The highest BCUT2D eigenvalue weighted by atomic mass is 16.2. The highest BCUT2D eigenvalue weighted by molar-refractivity contribution is 5.96. The minimum Gasteiger partial charge on any atom is -0.341 e. The summed E-state index contributed by atoms with van der Waals surface area (Å²) >= 11 is 0. The minimum absolute atomic E-state index is 0.200. The van der Waals surface area contributed by atoms with E-state index in [1.807, 2.05) is 6.92 Å². The molecule has 1 heterocycles. The van der Waals surface area contributed by atoms with Gasteiger partial charge in [0.25, 0.3) is 0 Å². The van der Waals surface area contributed by atoms with Crippen molar-refractivity contribution in [2.24, 2.45) is 11.8 Å². The fraction of sp³-hybridized carbons (Fsp3) is 0.857. The molecule has 0 aromatic heterocycles. The molecule has 0 aromatic carbocycles. The molecule has 5 nitrogen and oxygen atoms in total. The molecule has 2 N–H and O–H groups in total.